The fourth-order valence-corrected chi connectivity index (χ4v) is 2.14. The molecule has 0 fully saturated rings. The zero-order valence-electron chi connectivity index (χ0n) is 10.5. The lowest BCUT2D eigenvalue weighted by atomic mass is 9.96. The molecule has 0 aromatic heterocycles. The first-order valence-corrected chi connectivity index (χ1v) is 6.09. The van der Waals surface area contributed by atoms with Gasteiger partial charge in [0.1, 0.15) is 0 Å². The maximum Gasteiger partial charge on any atom is 0.270 e. The highest BCUT2D eigenvalue weighted by molar-refractivity contribution is 5.97. The summed E-state index contributed by atoms with van der Waals surface area (Å²) in [6.07, 6.45) is 3.49. The fraction of sp³-hybridized carbons (Fsp3) is 0. The van der Waals surface area contributed by atoms with Gasteiger partial charge in [-0.2, -0.15) is 5.10 Å². The zero-order valence-corrected chi connectivity index (χ0v) is 10.5. The molecule has 0 radical (unpaired) electrons. The zero-order chi connectivity index (χ0) is 13.9. The molecule has 5 nitrogen and oxygen atoms in total. The highest BCUT2D eigenvalue weighted by atomic mass is 16.6. The average molecular weight is 265 g/mol. The Bertz CT molecular complexity index is 721. The lowest BCUT2D eigenvalue weighted by Crippen LogP contribution is -1.96. The third-order valence-electron chi connectivity index (χ3n) is 3.09. The number of allylic oxidation sites excluding steroid dienone is 1. The highest BCUT2D eigenvalue weighted by Gasteiger charge is 2.16. The maximum absolute atomic E-state index is 11.0. The molecule has 3 rings (SSSR count). The molecule has 98 valence electrons. The minimum atomic E-state index is -0.394. The van der Waals surface area contributed by atoms with Crippen LogP contribution >= 0.6 is 0 Å². The van der Waals surface area contributed by atoms with Crippen LogP contribution in [0.25, 0.3) is 5.57 Å². The standard InChI is InChI=1S/C15H11N3O2/c19-18(20)12-6-7-15-14(10-12)13(8-9-16-17-15)11-4-2-1-3-5-11/h1-10,17H. The molecule has 1 aliphatic rings. The molecule has 0 spiro atoms. The molecule has 0 saturated carbocycles. The fourth-order valence-electron chi connectivity index (χ4n) is 2.14. The van der Waals surface area contributed by atoms with Crippen LogP contribution in [0.1, 0.15) is 11.1 Å². The van der Waals surface area contributed by atoms with Crippen LogP contribution < -0.4 is 5.43 Å². The Morgan fingerprint density at radius 1 is 1.10 bits per heavy atom. The summed E-state index contributed by atoms with van der Waals surface area (Å²) in [5.41, 5.74) is 6.36. The van der Waals surface area contributed by atoms with E-state index in [2.05, 4.69) is 10.5 Å². The lowest BCUT2D eigenvalue weighted by Gasteiger charge is -2.10. The maximum atomic E-state index is 11.0. The first-order valence-electron chi connectivity index (χ1n) is 6.09. The number of nitrogens with zero attached hydrogens (tertiary/aromatic N) is 2. The van der Waals surface area contributed by atoms with Crippen LogP contribution in [0.15, 0.2) is 59.7 Å². The van der Waals surface area contributed by atoms with Gasteiger partial charge in [0.15, 0.2) is 0 Å². The molecule has 2 aromatic carbocycles. The molecular weight excluding hydrogens is 254 g/mol. The van der Waals surface area contributed by atoms with E-state index in [1.165, 1.54) is 6.07 Å². The summed E-state index contributed by atoms with van der Waals surface area (Å²) in [6, 6.07) is 14.4. The van der Waals surface area contributed by atoms with Crippen molar-refractivity contribution >= 4 is 23.2 Å². The summed E-state index contributed by atoms with van der Waals surface area (Å²) in [5, 5.41) is 15.0. The Balaban J connectivity index is 2.18. The van der Waals surface area contributed by atoms with Gasteiger partial charge in [0, 0.05) is 23.9 Å². The van der Waals surface area contributed by atoms with Gasteiger partial charge < -0.3 is 0 Å². The molecule has 0 amide bonds. The molecule has 1 heterocycles. The van der Waals surface area contributed by atoms with Gasteiger partial charge in [0.25, 0.3) is 5.69 Å². The molecule has 5 heteroatoms. The molecule has 0 saturated heterocycles. The minimum Gasteiger partial charge on any atom is -0.278 e. The Morgan fingerprint density at radius 3 is 2.65 bits per heavy atom. The van der Waals surface area contributed by atoms with E-state index in [1.54, 1.807) is 18.3 Å². The molecule has 20 heavy (non-hydrogen) atoms. The Morgan fingerprint density at radius 2 is 1.90 bits per heavy atom. The van der Waals surface area contributed by atoms with Gasteiger partial charge in [-0.05, 0) is 23.3 Å². The number of nitrogens with one attached hydrogen (secondary N) is 1. The molecule has 2 aromatic rings. The van der Waals surface area contributed by atoms with Gasteiger partial charge >= 0.3 is 0 Å². The van der Waals surface area contributed by atoms with Crippen LogP contribution in [0.2, 0.25) is 0 Å². The molecule has 0 bridgehead atoms. The second-order valence-corrected chi connectivity index (χ2v) is 4.32. The van der Waals surface area contributed by atoms with Crippen LogP contribution in [0.3, 0.4) is 0 Å². The van der Waals surface area contributed by atoms with Crippen LogP contribution in [-0.2, 0) is 0 Å². The number of benzene rings is 2. The first kappa shape index (κ1) is 12.1. The highest BCUT2D eigenvalue weighted by Crippen LogP contribution is 2.33. The molecule has 1 N–H and O–H groups in total. The van der Waals surface area contributed by atoms with Crippen molar-refractivity contribution in [2.24, 2.45) is 5.10 Å². The summed E-state index contributed by atoms with van der Waals surface area (Å²) in [6.45, 7) is 0. The van der Waals surface area contributed by atoms with E-state index in [0.29, 0.717) is 0 Å². The lowest BCUT2D eigenvalue weighted by molar-refractivity contribution is -0.384. The molecule has 0 unspecified atom stereocenters. The van der Waals surface area contributed by atoms with Crippen LogP contribution in [0, 0.1) is 10.1 Å². The van der Waals surface area contributed by atoms with Crippen molar-refractivity contribution in [3.8, 4) is 0 Å². The normalized spacial score (nSPS) is 12.9. The van der Waals surface area contributed by atoms with Crippen molar-refractivity contribution in [2.45, 2.75) is 0 Å². The minimum absolute atomic E-state index is 0.0641. The number of fused-ring (bicyclic) bond motifs is 1. The van der Waals surface area contributed by atoms with Gasteiger partial charge in [-0.3, -0.25) is 15.5 Å². The van der Waals surface area contributed by atoms with E-state index in [0.717, 1.165) is 22.4 Å². The molecule has 0 aliphatic carbocycles. The SMILES string of the molecule is O=[N+]([O-])c1ccc2c(c1)C(c1ccccc1)=CC=NN2. The Labute approximate surface area is 115 Å². The second kappa shape index (κ2) is 4.97. The van der Waals surface area contributed by atoms with E-state index < -0.39 is 4.92 Å². The summed E-state index contributed by atoms with van der Waals surface area (Å²) in [5.74, 6) is 0. The largest absolute Gasteiger partial charge is 0.278 e. The van der Waals surface area contributed by atoms with Gasteiger partial charge in [-0.1, -0.05) is 30.3 Å². The Kier molecular flexibility index (Phi) is 3.01. The number of nitro benzene ring substituents is 1. The summed E-state index contributed by atoms with van der Waals surface area (Å²) >= 11 is 0. The van der Waals surface area contributed by atoms with Crippen LogP contribution in [0.5, 0.6) is 0 Å². The predicted octanol–water partition coefficient (Wildman–Crippen LogP) is 3.44. The molecular formula is C15H11N3O2. The number of rotatable bonds is 2. The van der Waals surface area contributed by atoms with Gasteiger partial charge in [-0.25, -0.2) is 0 Å². The van der Waals surface area contributed by atoms with Crippen molar-refractivity contribution < 1.29 is 4.92 Å². The first-order chi connectivity index (χ1) is 9.75. The van der Waals surface area contributed by atoms with E-state index >= 15 is 0 Å². The van der Waals surface area contributed by atoms with E-state index in [1.807, 2.05) is 36.4 Å². The summed E-state index contributed by atoms with van der Waals surface area (Å²) in [4.78, 5) is 10.6. The van der Waals surface area contributed by atoms with E-state index in [9.17, 15) is 10.1 Å². The average Bonchev–Trinajstić information content (AvgIpc) is 2.69. The van der Waals surface area contributed by atoms with Crippen molar-refractivity contribution in [3.63, 3.8) is 0 Å². The predicted molar refractivity (Wildman–Crippen MR) is 78.7 cm³/mol. The second-order valence-electron chi connectivity index (χ2n) is 4.32. The van der Waals surface area contributed by atoms with Gasteiger partial charge in [0.2, 0.25) is 0 Å². The van der Waals surface area contributed by atoms with Crippen molar-refractivity contribution in [1.82, 2.24) is 0 Å². The summed E-state index contributed by atoms with van der Waals surface area (Å²) < 4.78 is 0. The quantitative estimate of drug-likeness (QED) is 0.668. The van der Waals surface area contributed by atoms with Crippen LogP contribution in [0.4, 0.5) is 11.4 Å². The smallest absolute Gasteiger partial charge is 0.270 e. The number of hydrogen-bond acceptors (Lipinski definition) is 4. The number of nitro groups is 1. The number of hydrogen-bond donors (Lipinski definition) is 1. The van der Waals surface area contributed by atoms with E-state index in [4.69, 9.17) is 0 Å². The van der Waals surface area contributed by atoms with Crippen molar-refractivity contribution in [3.05, 3.63) is 75.8 Å². The van der Waals surface area contributed by atoms with Crippen molar-refractivity contribution in [2.75, 3.05) is 5.43 Å². The number of anilines is 1. The van der Waals surface area contributed by atoms with Crippen molar-refractivity contribution in [1.29, 1.82) is 0 Å². The van der Waals surface area contributed by atoms with E-state index in [-0.39, 0.29) is 5.69 Å². The third kappa shape index (κ3) is 2.16. The summed E-state index contributed by atoms with van der Waals surface area (Å²) in [7, 11) is 0. The monoisotopic (exact) mass is 265 g/mol. The van der Waals surface area contributed by atoms with Gasteiger partial charge in [0.05, 0.1) is 10.6 Å². The number of hydrazone groups is 1. The molecule has 1 aliphatic heterocycles. The number of non-ortho nitro benzene ring substituents is 1. The third-order valence-corrected chi connectivity index (χ3v) is 3.09. The molecule has 0 atom stereocenters. The Hall–Kier alpha value is -2.95. The van der Waals surface area contributed by atoms with Gasteiger partial charge in [-0.15, -0.1) is 0 Å². The van der Waals surface area contributed by atoms with Crippen LogP contribution in [-0.4, -0.2) is 11.1 Å². The topological polar surface area (TPSA) is 67.5 Å².